The van der Waals surface area contributed by atoms with Crippen molar-refractivity contribution < 1.29 is 63.2 Å². The first-order valence-corrected chi connectivity index (χ1v) is 22.3. The number of cyclic esters (lactones) is 1. The minimum Gasteiger partial charge on any atom is -0.459 e. The molecule has 0 spiro atoms. The second-order valence-electron chi connectivity index (χ2n) is 19.1. The van der Waals surface area contributed by atoms with Crippen LogP contribution in [0.4, 0.5) is 0 Å². The van der Waals surface area contributed by atoms with Crippen LogP contribution in [0.5, 0.6) is 0 Å². The Morgan fingerprint density at radius 2 is 1.63 bits per heavy atom. The molecule has 1 amide bonds. The molecule has 352 valence electrons. The monoisotopic (exact) mass is 862 g/mol. The molecule has 3 heterocycles. The Morgan fingerprint density at radius 3 is 2.22 bits per heavy atom. The van der Waals surface area contributed by atoms with Crippen LogP contribution < -0.4 is 5.32 Å². The molecule has 0 radical (unpaired) electrons. The molecule has 3 saturated heterocycles. The first kappa shape index (κ1) is 52.8. The number of aliphatic hydroxyl groups excluding tert-OH is 2. The molecule has 0 saturated carbocycles. The van der Waals surface area contributed by atoms with Gasteiger partial charge in [-0.3, -0.25) is 9.59 Å². The molecule has 16 nitrogen and oxygen atoms in total. The standard InChI is InChI=1S/C44H83N3O13/c1-16-32-44(11,53)37(50)29(7)47(14)24-25(3)22-42(9,52)38(60-41-35(49)31(46(12)13)21-26(4)56-41)27(5)36(28(6)40(51)58-32)59-34-23-43(10,54-15)39(30(8)57-34)55-20-18-19-45-33(48)17-2/h25-32,34-39,41,49-50,52-53H,16-24H2,1-15H3,(H,45,48)/t25-,26-,27+,28-,29-,30+,31+,32-,34+,35-,36+,37-,38-,39+,41+,42-,43-,44-/m1/s1. The van der Waals surface area contributed by atoms with E-state index in [-0.39, 0.29) is 43.2 Å². The number of aliphatic hydroxyl groups is 4. The maximum Gasteiger partial charge on any atom is 0.311 e. The fraction of sp³-hybridized carbons (Fsp3) is 0.955. The summed E-state index contributed by atoms with van der Waals surface area (Å²) < 4.78 is 45.0. The lowest BCUT2D eigenvalue weighted by Crippen LogP contribution is -2.61. The normalized spacial score (nSPS) is 44.5. The van der Waals surface area contributed by atoms with Crippen LogP contribution in [0.25, 0.3) is 0 Å². The van der Waals surface area contributed by atoms with Crippen molar-refractivity contribution in [3.8, 4) is 0 Å². The maximum absolute atomic E-state index is 14.4. The minimum atomic E-state index is -1.81. The lowest BCUT2D eigenvalue weighted by atomic mass is 9.77. The summed E-state index contributed by atoms with van der Waals surface area (Å²) in [5.74, 6) is -2.63. The Kier molecular flexibility index (Phi) is 19.7. The van der Waals surface area contributed by atoms with Gasteiger partial charge in [0.1, 0.15) is 30.0 Å². The SMILES string of the molecule is CCC(=O)NCCCO[C@H]1[C@H](C)O[C@@H](O[C@H]2[C@H](C)[C@@H](O[C@@H]3O[C@H](C)C[C@H](N(C)C)[C@H]3O)[C@](C)(O)C[C@@H](C)CN(C)[C@H](C)[C@@H](O)[C@](C)(O)[C@@H](CC)OC(=O)[C@@H]2C)C[C@@]1(C)OC. The van der Waals surface area contributed by atoms with Crippen LogP contribution in [0.1, 0.15) is 115 Å². The molecule has 0 bridgehead atoms. The zero-order valence-electron chi connectivity index (χ0n) is 39.4. The lowest BCUT2D eigenvalue weighted by molar-refractivity contribution is -0.320. The molecule has 0 unspecified atom stereocenters. The number of rotatable bonds is 13. The quantitative estimate of drug-likeness (QED) is 0.134. The molecule has 0 aromatic rings. The van der Waals surface area contributed by atoms with Gasteiger partial charge in [-0.2, -0.15) is 0 Å². The van der Waals surface area contributed by atoms with Gasteiger partial charge in [0.2, 0.25) is 5.91 Å². The van der Waals surface area contributed by atoms with E-state index in [9.17, 15) is 30.0 Å². The zero-order chi connectivity index (χ0) is 45.5. The number of carbonyl (C=O) groups is 2. The van der Waals surface area contributed by atoms with Crippen LogP contribution in [-0.4, -0.2) is 180 Å². The van der Waals surface area contributed by atoms with Crippen molar-refractivity contribution in [2.75, 3.05) is 47.9 Å². The molecule has 3 rings (SSSR count). The van der Waals surface area contributed by atoms with Gasteiger partial charge in [0.05, 0.1) is 41.5 Å². The molecule has 60 heavy (non-hydrogen) atoms. The van der Waals surface area contributed by atoms with Gasteiger partial charge in [-0.05, 0) is 101 Å². The summed E-state index contributed by atoms with van der Waals surface area (Å²) in [6, 6.07) is -0.828. The number of methoxy groups -OCH3 is 1. The summed E-state index contributed by atoms with van der Waals surface area (Å²) >= 11 is 0. The predicted molar refractivity (Wildman–Crippen MR) is 226 cm³/mol. The van der Waals surface area contributed by atoms with Crippen LogP contribution in [0.3, 0.4) is 0 Å². The smallest absolute Gasteiger partial charge is 0.311 e. The Hall–Kier alpha value is -1.54. The van der Waals surface area contributed by atoms with Gasteiger partial charge < -0.3 is 68.7 Å². The number of nitrogens with one attached hydrogen (secondary N) is 1. The Balaban J connectivity index is 2.10. The van der Waals surface area contributed by atoms with E-state index in [0.29, 0.717) is 39.0 Å². The molecule has 3 aliphatic rings. The number of hydrogen-bond acceptors (Lipinski definition) is 15. The highest BCUT2D eigenvalue weighted by atomic mass is 16.7. The number of amides is 1. The van der Waals surface area contributed by atoms with Crippen LogP contribution >= 0.6 is 0 Å². The number of nitrogens with zero attached hydrogens (tertiary/aromatic N) is 2. The summed E-state index contributed by atoms with van der Waals surface area (Å²) in [6.45, 7) is 21.1. The van der Waals surface area contributed by atoms with Gasteiger partial charge >= 0.3 is 5.97 Å². The molecule has 0 aromatic heterocycles. The topological polar surface area (TPSA) is 198 Å². The number of hydrogen-bond donors (Lipinski definition) is 5. The van der Waals surface area contributed by atoms with Gasteiger partial charge in [0, 0.05) is 57.6 Å². The fourth-order valence-corrected chi connectivity index (χ4v) is 9.67. The number of likely N-dealkylation sites (N-methyl/N-ethyl adjacent to an activating group) is 2. The molecule has 5 N–H and O–H groups in total. The van der Waals surface area contributed by atoms with Gasteiger partial charge in [0.15, 0.2) is 12.6 Å². The van der Waals surface area contributed by atoms with Gasteiger partial charge in [-0.25, -0.2) is 0 Å². The molecule has 3 fully saturated rings. The second kappa shape index (κ2) is 22.4. The second-order valence-corrected chi connectivity index (χ2v) is 19.1. The largest absolute Gasteiger partial charge is 0.459 e. The number of esters is 1. The van der Waals surface area contributed by atoms with E-state index in [2.05, 4.69) is 5.32 Å². The molecular formula is C44H83N3O13. The molecule has 3 aliphatic heterocycles. The third kappa shape index (κ3) is 13.0. The van der Waals surface area contributed by atoms with Crippen LogP contribution in [0.15, 0.2) is 0 Å². The van der Waals surface area contributed by atoms with E-state index in [0.717, 1.165) is 0 Å². The summed E-state index contributed by atoms with van der Waals surface area (Å²) in [7, 11) is 7.23. The first-order valence-electron chi connectivity index (χ1n) is 22.3. The van der Waals surface area contributed by atoms with Crippen molar-refractivity contribution in [2.24, 2.45) is 17.8 Å². The third-order valence-electron chi connectivity index (χ3n) is 13.4. The van der Waals surface area contributed by atoms with E-state index >= 15 is 0 Å². The minimum absolute atomic E-state index is 0.0273. The number of ether oxygens (including phenoxy) is 7. The van der Waals surface area contributed by atoms with Crippen LogP contribution in [0.2, 0.25) is 0 Å². The third-order valence-corrected chi connectivity index (χ3v) is 13.4. The van der Waals surface area contributed by atoms with Crippen molar-refractivity contribution in [2.45, 2.75) is 205 Å². The highest BCUT2D eigenvalue weighted by Gasteiger charge is 2.53. The highest BCUT2D eigenvalue weighted by Crippen LogP contribution is 2.41. The molecular weight excluding hydrogens is 778 g/mol. The van der Waals surface area contributed by atoms with Crippen molar-refractivity contribution in [1.82, 2.24) is 15.1 Å². The lowest BCUT2D eigenvalue weighted by Gasteiger charge is -2.49. The molecule has 18 atom stereocenters. The van der Waals surface area contributed by atoms with E-state index in [1.54, 1.807) is 34.8 Å². The van der Waals surface area contributed by atoms with Crippen LogP contribution in [0, 0.1) is 17.8 Å². The van der Waals surface area contributed by atoms with Crippen molar-refractivity contribution in [3.05, 3.63) is 0 Å². The Bertz CT molecular complexity index is 1340. The van der Waals surface area contributed by atoms with Gasteiger partial charge in [-0.1, -0.05) is 27.7 Å². The first-order chi connectivity index (χ1) is 27.8. The summed E-state index contributed by atoms with van der Waals surface area (Å²) in [4.78, 5) is 30.0. The van der Waals surface area contributed by atoms with Gasteiger partial charge in [0.25, 0.3) is 0 Å². The Labute approximate surface area is 360 Å². The van der Waals surface area contributed by atoms with Crippen molar-refractivity contribution >= 4 is 11.9 Å². The highest BCUT2D eigenvalue weighted by molar-refractivity contribution is 5.75. The zero-order valence-corrected chi connectivity index (χ0v) is 39.4. The van der Waals surface area contributed by atoms with Gasteiger partial charge in [-0.15, -0.1) is 0 Å². The van der Waals surface area contributed by atoms with E-state index < -0.39 is 96.0 Å². The predicted octanol–water partition coefficient (Wildman–Crippen LogP) is 2.84. The number of carbonyl (C=O) groups excluding carboxylic acids is 2. The molecule has 16 heteroatoms. The molecule has 0 aromatic carbocycles. The van der Waals surface area contributed by atoms with Crippen molar-refractivity contribution in [3.63, 3.8) is 0 Å². The van der Waals surface area contributed by atoms with Crippen molar-refractivity contribution in [1.29, 1.82) is 0 Å². The maximum atomic E-state index is 14.4. The average Bonchev–Trinajstić information content (AvgIpc) is 3.17. The Morgan fingerprint density at radius 1 is 0.983 bits per heavy atom. The summed E-state index contributed by atoms with van der Waals surface area (Å²) in [5.41, 5.74) is -4.27. The average molecular weight is 862 g/mol. The summed E-state index contributed by atoms with van der Waals surface area (Å²) in [5, 5.41) is 50.6. The molecule has 0 aliphatic carbocycles. The van der Waals surface area contributed by atoms with E-state index in [1.807, 2.05) is 72.5 Å². The van der Waals surface area contributed by atoms with E-state index in [4.69, 9.17) is 33.2 Å². The summed E-state index contributed by atoms with van der Waals surface area (Å²) in [6.07, 6.45) is -6.58. The van der Waals surface area contributed by atoms with Crippen LogP contribution in [-0.2, 0) is 42.7 Å². The van der Waals surface area contributed by atoms with E-state index in [1.165, 1.54) is 6.92 Å². The fourth-order valence-electron chi connectivity index (χ4n) is 9.67.